The van der Waals surface area contributed by atoms with Gasteiger partial charge in [0.1, 0.15) is 6.61 Å². The Morgan fingerprint density at radius 2 is 1.15 bits per heavy atom. The lowest BCUT2D eigenvalue weighted by Crippen LogP contribution is -2.37. The van der Waals surface area contributed by atoms with Crippen molar-refractivity contribution in [2.75, 3.05) is 52.4 Å². The van der Waals surface area contributed by atoms with Crippen molar-refractivity contribution >= 4 is 23.7 Å². The van der Waals surface area contributed by atoms with Gasteiger partial charge in [-0.05, 0) is 111 Å². The summed E-state index contributed by atoms with van der Waals surface area (Å²) in [5.74, 6) is 1.22. The number of carbonyl (C=O) groups is 4. The van der Waals surface area contributed by atoms with E-state index in [1.54, 1.807) is 0 Å². The zero-order valence-electron chi connectivity index (χ0n) is 32.6. The highest BCUT2D eigenvalue weighted by molar-refractivity contribution is 5.79. The molecule has 9 heteroatoms. The molecule has 3 atom stereocenters. The van der Waals surface area contributed by atoms with Gasteiger partial charge in [0.25, 0.3) is 0 Å². The molecule has 4 aliphatic rings. The summed E-state index contributed by atoms with van der Waals surface area (Å²) >= 11 is 0. The van der Waals surface area contributed by atoms with Crippen molar-refractivity contribution in [3.05, 3.63) is 0 Å². The van der Waals surface area contributed by atoms with E-state index < -0.39 is 0 Å². The van der Waals surface area contributed by atoms with E-state index in [-0.39, 0.29) is 17.3 Å². The number of hydrogen-bond donors (Lipinski definition) is 0. The van der Waals surface area contributed by atoms with Crippen molar-refractivity contribution in [3.8, 4) is 0 Å². The lowest BCUT2D eigenvalue weighted by atomic mass is 9.91. The first-order chi connectivity index (χ1) is 22.8. The number of hydrogen-bond acceptors (Lipinski definition) is 6. The molecular weight excluding hydrogens is 604 g/mol. The van der Waals surface area contributed by atoms with E-state index in [0.29, 0.717) is 36.4 Å². The van der Waals surface area contributed by atoms with Crippen LogP contribution >= 0.6 is 0 Å². The SMILES string of the molecule is CCC(C)(C)C(=O)OCCN1CCCC1.CCC(C)C(=O)N1CCCC1.CCC(C)N1CCCC1=O.CCC(C)N1CCCCCC1=O. The van der Waals surface area contributed by atoms with Gasteiger partial charge in [-0.15, -0.1) is 0 Å². The molecule has 0 aromatic carbocycles. The molecule has 3 unspecified atom stereocenters. The summed E-state index contributed by atoms with van der Waals surface area (Å²) in [6, 6.07) is 0.894. The summed E-state index contributed by atoms with van der Waals surface area (Å²) in [6.45, 7) is 26.2. The monoisotopic (exact) mass is 679 g/mol. The summed E-state index contributed by atoms with van der Waals surface area (Å²) in [4.78, 5) is 54.2. The number of nitrogens with zero attached hydrogens (tertiary/aromatic N) is 4. The van der Waals surface area contributed by atoms with Crippen LogP contribution < -0.4 is 0 Å². The number of carbonyl (C=O) groups excluding carboxylic acids is 4. The van der Waals surface area contributed by atoms with E-state index in [1.165, 1.54) is 38.5 Å². The van der Waals surface area contributed by atoms with Gasteiger partial charge in [0.2, 0.25) is 17.7 Å². The first-order valence-electron chi connectivity index (χ1n) is 19.6. The minimum Gasteiger partial charge on any atom is -0.464 e. The molecule has 4 saturated heterocycles. The van der Waals surface area contributed by atoms with Crippen molar-refractivity contribution in [3.63, 3.8) is 0 Å². The van der Waals surface area contributed by atoms with Crippen LogP contribution in [0.4, 0.5) is 0 Å². The van der Waals surface area contributed by atoms with Gasteiger partial charge in [0, 0.05) is 63.6 Å². The van der Waals surface area contributed by atoms with Gasteiger partial charge in [-0.1, -0.05) is 41.0 Å². The predicted octanol–water partition coefficient (Wildman–Crippen LogP) is 7.31. The molecule has 4 heterocycles. The molecule has 4 aliphatic heterocycles. The van der Waals surface area contributed by atoms with E-state index in [4.69, 9.17) is 4.74 Å². The minimum absolute atomic E-state index is 0.0656. The minimum atomic E-state index is -0.328. The van der Waals surface area contributed by atoms with Crippen molar-refractivity contribution in [2.24, 2.45) is 11.3 Å². The average Bonchev–Trinajstić information content (AvgIpc) is 3.88. The van der Waals surface area contributed by atoms with Crippen LogP contribution in [0.2, 0.25) is 0 Å². The maximum absolute atomic E-state index is 11.6. The second-order valence-electron chi connectivity index (χ2n) is 14.9. The summed E-state index contributed by atoms with van der Waals surface area (Å²) in [6.07, 6.45) is 15.0. The third-order valence-electron chi connectivity index (χ3n) is 10.7. The Morgan fingerprint density at radius 3 is 1.62 bits per heavy atom. The van der Waals surface area contributed by atoms with Crippen LogP contribution in [0.15, 0.2) is 0 Å². The molecule has 4 rings (SSSR count). The standard InChI is InChI=1S/C12H23NO2.C10H19NO.C9H17NO.C8H15NO/c1-4-12(2,3)11(14)15-10-9-13-7-5-6-8-13;1-3-9(2)11-8-6-4-5-7-10(11)12;1-3-8(2)9(11)10-6-4-5-7-10;1-3-7(2)9-6-4-5-8(9)10/h4-10H2,1-3H3;9H,3-8H2,1-2H3;8H,3-7H2,1-2H3;7H,3-6H2,1-2H3. The second-order valence-corrected chi connectivity index (χ2v) is 14.9. The fourth-order valence-corrected chi connectivity index (χ4v) is 6.08. The molecule has 0 radical (unpaired) electrons. The second kappa shape index (κ2) is 24.1. The quantitative estimate of drug-likeness (QED) is 0.213. The third-order valence-corrected chi connectivity index (χ3v) is 10.7. The van der Waals surface area contributed by atoms with Crippen LogP contribution in [0.1, 0.15) is 152 Å². The van der Waals surface area contributed by atoms with Gasteiger partial charge in [0.15, 0.2) is 0 Å². The van der Waals surface area contributed by atoms with E-state index >= 15 is 0 Å². The molecule has 0 N–H and O–H groups in total. The van der Waals surface area contributed by atoms with Crippen LogP contribution in [-0.4, -0.2) is 108 Å². The van der Waals surface area contributed by atoms with E-state index in [2.05, 4.69) is 39.5 Å². The van der Waals surface area contributed by atoms with Crippen molar-refractivity contribution in [1.29, 1.82) is 0 Å². The van der Waals surface area contributed by atoms with Gasteiger partial charge in [0.05, 0.1) is 5.41 Å². The Hall–Kier alpha value is -2.16. The molecule has 0 aromatic heterocycles. The molecule has 0 aliphatic carbocycles. The highest BCUT2D eigenvalue weighted by atomic mass is 16.5. The van der Waals surface area contributed by atoms with Gasteiger partial charge in [-0.3, -0.25) is 24.1 Å². The van der Waals surface area contributed by atoms with Crippen molar-refractivity contribution < 1.29 is 23.9 Å². The Labute approximate surface area is 294 Å². The molecule has 0 spiro atoms. The Kier molecular flexibility index (Phi) is 22.0. The molecule has 4 fully saturated rings. The highest BCUT2D eigenvalue weighted by Crippen LogP contribution is 2.21. The summed E-state index contributed by atoms with van der Waals surface area (Å²) in [5.41, 5.74) is -0.328. The number of likely N-dealkylation sites (tertiary alicyclic amines) is 4. The molecule has 9 nitrogen and oxygen atoms in total. The van der Waals surface area contributed by atoms with Crippen LogP contribution in [0.3, 0.4) is 0 Å². The zero-order valence-corrected chi connectivity index (χ0v) is 32.6. The van der Waals surface area contributed by atoms with Crippen LogP contribution in [0, 0.1) is 11.3 Å². The van der Waals surface area contributed by atoms with Crippen LogP contribution in [-0.2, 0) is 23.9 Å². The molecule has 3 amide bonds. The molecule has 48 heavy (non-hydrogen) atoms. The fourth-order valence-electron chi connectivity index (χ4n) is 6.08. The first kappa shape index (κ1) is 43.9. The van der Waals surface area contributed by atoms with E-state index in [1.807, 2.05) is 42.4 Å². The summed E-state index contributed by atoms with van der Waals surface area (Å²) < 4.78 is 5.28. The zero-order chi connectivity index (χ0) is 36.1. The molecule has 0 aromatic rings. The molecule has 0 bridgehead atoms. The fraction of sp³-hybridized carbons (Fsp3) is 0.897. The summed E-state index contributed by atoms with van der Waals surface area (Å²) in [7, 11) is 0. The smallest absolute Gasteiger partial charge is 0.311 e. The number of amides is 3. The lowest BCUT2D eigenvalue weighted by molar-refractivity contribution is -0.154. The van der Waals surface area contributed by atoms with Crippen LogP contribution in [0.25, 0.3) is 0 Å². The lowest BCUT2D eigenvalue weighted by Gasteiger charge is -2.26. The van der Waals surface area contributed by atoms with Gasteiger partial charge in [-0.25, -0.2) is 0 Å². The highest BCUT2D eigenvalue weighted by Gasteiger charge is 2.27. The Morgan fingerprint density at radius 1 is 0.667 bits per heavy atom. The van der Waals surface area contributed by atoms with E-state index in [9.17, 15) is 19.2 Å². The summed E-state index contributed by atoms with van der Waals surface area (Å²) in [5, 5.41) is 0. The number of rotatable bonds is 11. The molecule has 280 valence electrons. The predicted molar refractivity (Wildman–Crippen MR) is 197 cm³/mol. The van der Waals surface area contributed by atoms with E-state index in [0.717, 1.165) is 97.2 Å². The van der Waals surface area contributed by atoms with Gasteiger partial charge in [-0.2, -0.15) is 0 Å². The Balaban J connectivity index is 0.000000324. The molecule has 0 saturated carbocycles. The van der Waals surface area contributed by atoms with Crippen LogP contribution in [0.5, 0.6) is 0 Å². The van der Waals surface area contributed by atoms with Crippen molar-refractivity contribution in [2.45, 2.75) is 164 Å². The largest absolute Gasteiger partial charge is 0.464 e. The maximum Gasteiger partial charge on any atom is 0.311 e. The third kappa shape index (κ3) is 16.0. The average molecular weight is 679 g/mol. The Bertz CT molecular complexity index is 929. The van der Waals surface area contributed by atoms with Crippen molar-refractivity contribution in [1.82, 2.24) is 19.6 Å². The number of ether oxygens (including phenoxy) is 1. The topological polar surface area (TPSA) is 90.5 Å². The molecular formula is C39H74N4O5. The van der Waals surface area contributed by atoms with Gasteiger partial charge >= 0.3 is 5.97 Å². The number of esters is 1. The van der Waals surface area contributed by atoms with Gasteiger partial charge < -0.3 is 19.4 Å². The normalized spacial score (nSPS) is 20.4. The maximum atomic E-state index is 11.6. The first-order valence-corrected chi connectivity index (χ1v) is 19.6.